The quantitative estimate of drug-likeness (QED) is 0.496. The molecule has 5 heteroatoms. The number of hydrogen-bond donors (Lipinski definition) is 2. The minimum Gasteiger partial charge on any atom is -0.379 e. The summed E-state index contributed by atoms with van der Waals surface area (Å²) < 4.78 is 0.536. The third-order valence-electron chi connectivity index (χ3n) is 1.55. The third-order valence-corrected chi connectivity index (χ3v) is 1.55. The molecule has 0 aliphatic carbocycles. The molecule has 62 valence electrons. The number of nitrogens with one attached hydrogen (secondary N) is 1. The van der Waals surface area contributed by atoms with Gasteiger partial charge in [0.15, 0.2) is 0 Å². The van der Waals surface area contributed by atoms with Crippen molar-refractivity contribution in [2.75, 3.05) is 21.1 Å². The topological polar surface area (TPSA) is 71.5 Å². The highest BCUT2D eigenvalue weighted by atomic mass is 16.6. The fourth-order valence-electron chi connectivity index (χ4n) is 1.08. The first-order valence-electron chi connectivity index (χ1n) is 3.33. The normalized spacial score (nSPS) is 24.8. The number of likely N-dealkylation sites (N-methyl/N-ethyl adjacent to an activating group) is 1. The van der Waals surface area contributed by atoms with E-state index in [2.05, 4.69) is 9.99 Å². The summed E-state index contributed by atoms with van der Waals surface area (Å²) in [4.78, 5) is 4.63. The van der Waals surface area contributed by atoms with E-state index in [-0.39, 0.29) is 11.9 Å². The molecule has 0 saturated heterocycles. The molecule has 0 fully saturated rings. The lowest BCUT2D eigenvalue weighted by molar-refractivity contribution is -0.875. The van der Waals surface area contributed by atoms with Gasteiger partial charge in [0.2, 0.25) is 11.9 Å². The molecule has 1 aliphatic heterocycles. The molecule has 1 unspecified atom stereocenters. The van der Waals surface area contributed by atoms with E-state index >= 15 is 0 Å². The summed E-state index contributed by atoms with van der Waals surface area (Å²) in [6.45, 7) is 0. The van der Waals surface area contributed by atoms with E-state index in [4.69, 9.17) is 11.1 Å². The largest absolute Gasteiger partial charge is 0.379 e. The summed E-state index contributed by atoms with van der Waals surface area (Å²) in [7, 11) is 5.82. The van der Waals surface area contributed by atoms with E-state index in [1.54, 1.807) is 0 Å². The van der Waals surface area contributed by atoms with Crippen molar-refractivity contribution in [2.24, 2.45) is 10.9 Å². The second kappa shape index (κ2) is 2.20. The van der Waals surface area contributed by atoms with Gasteiger partial charge in [0.1, 0.15) is 0 Å². The van der Waals surface area contributed by atoms with Crippen LogP contribution in [-0.4, -0.2) is 43.4 Å². The summed E-state index contributed by atoms with van der Waals surface area (Å²) in [5.74, 6) is 0.498. The van der Waals surface area contributed by atoms with Gasteiger partial charge in [-0.1, -0.05) is 5.16 Å². The Morgan fingerprint density at radius 3 is 2.27 bits per heavy atom. The van der Waals surface area contributed by atoms with Gasteiger partial charge < -0.3 is 15.1 Å². The third kappa shape index (κ3) is 1.32. The molecule has 3 N–H and O–H groups in total. The first kappa shape index (κ1) is 8.00. The zero-order chi connectivity index (χ0) is 8.65. The summed E-state index contributed by atoms with van der Waals surface area (Å²) in [5, 5.41) is 10.9. The second-order valence-corrected chi connectivity index (χ2v) is 3.49. The molecule has 0 aromatic rings. The van der Waals surface area contributed by atoms with Crippen molar-refractivity contribution in [2.45, 2.75) is 6.04 Å². The zero-order valence-corrected chi connectivity index (χ0v) is 6.96. The number of nitrogens with two attached hydrogens (primary N) is 1. The maximum Gasteiger partial charge on any atom is 0.284 e. The van der Waals surface area contributed by atoms with Crippen LogP contribution in [0.4, 0.5) is 0 Å². The molecular formula is C6H13N4O+. The Balaban J connectivity index is 2.87. The minimum absolute atomic E-state index is 0.120. The highest BCUT2D eigenvalue weighted by Gasteiger charge is 2.39. The Morgan fingerprint density at radius 2 is 2.09 bits per heavy atom. The molecule has 11 heavy (non-hydrogen) atoms. The Hall–Kier alpha value is -1.10. The van der Waals surface area contributed by atoms with Crippen LogP contribution in [0.5, 0.6) is 0 Å². The molecule has 0 spiro atoms. The second-order valence-electron chi connectivity index (χ2n) is 3.49. The monoisotopic (exact) mass is 157 g/mol. The van der Waals surface area contributed by atoms with E-state index in [1.165, 1.54) is 0 Å². The van der Waals surface area contributed by atoms with Gasteiger partial charge in [0.25, 0.3) is 5.90 Å². The molecule has 1 heterocycles. The van der Waals surface area contributed by atoms with Crippen LogP contribution >= 0.6 is 0 Å². The lowest BCUT2D eigenvalue weighted by Gasteiger charge is -2.28. The Bertz CT molecular complexity index is 215. The number of nitrogens with zero attached hydrogens (tertiary/aromatic N) is 2. The molecule has 0 saturated carbocycles. The van der Waals surface area contributed by atoms with Crippen LogP contribution < -0.4 is 5.73 Å². The van der Waals surface area contributed by atoms with Crippen LogP contribution in [0.15, 0.2) is 5.16 Å². The molecule has 1 aliphatic rings. The molecule has 0 bridgehead atoms. The maximum absolute atomic E-state index is 7.36. The van der Waals surface area contributed by atoms with Crippen LogP contribution in [0.3, 0.4) is 0 Å². The van der Waals surface area contributed by atoms with Gasteiger partial charge in [-0.15, -0.1) is 0 Å². The predicted octanol–water partition coefficient (Wildman–Crippen LogP) is -0.659. The molecule has 5 nitrogen and oxygen atoms in total. The molecular weight excluding hydrogens is 144 g/mol. The van der Waals surface area contributed by atoms with Gasteiger partial charge >= 0.3 is 0 Å². The number of hydrogen-bond acceptors (Lipinski definition) is 4. The standard InChI is InChI=1S/C6H13N4O/c1-10(2,3)4-5(7)9-11-6(4)8/h4,8H,1-3H3,(H2,7,9)/q+1. The van der Waals surface area contributed by atoms with Gasteiger partial charge in [-0.05, 0) is 0 Å². The van der Waals surface area contributed by atoms with Crippen LogP contribution in [0.1, 0.15) is 0 Å². The molecule has 0 aromatic heterocycles. The Labute approximate surface area is 65.5 Å². The lowest BCUT2D eigenvalue weighted by Crippen LogP contribution is -2.54. The summed E-state index contributed by atoms with van der Waals surface area (Å²) in [5.41, 5.74) is 5.52. The molecule has 0 aromatic carbocycles. The maximum atomic E-state index is 7.36. The van der Waals surface area contributed by atoms with E-state index in [0.29, 0.717) is 10.3 Å². The lowest BCUT2D eigenvalue weighted by atomic mass is 10.2. The van der Waals surface area contributed by atoms with Crippen LogP contribution in [0.2, 0.25) is 0 Å². The van der Waals surface area contributed by atoms with Gasteiger partial charge in [0.05, 0.1) is 21.1 Å². The summed E-state index contributed by atoms with van der Waals surface area (Å²) in [6, 6.07) is -0.227. The first-order valence-corrected chi connectivity index (χ1v) is 3.33. The number of amidine groups is 1. The average Bonchev–Trinajstić information content (AvgIpc) is 2.08. The van der Waals surface area contributed by atoms with Crippen molar-refractivity contribution in [1.82, 2.24) is 0 Å². The van der Waals surface area contributed by atoms with E-state index < -0.39 is 0 Å². The van der Waals surface area contributed by atoms with E-state index in [1.807, 2.05) is 21.1 Å². The average molecular weight is 157 g/mol. The van der Waals surface area contributed by atoms with Crippen molar-refractivity contribution >= 4 is 11.7 Å². The van der Waals surface area contributed by atoms with Crippen molar-refractivity contribution in [3.05, 3.63) is 0 Å². The number of oxime groups is 1. The van der Waals surface area contributed by atoms with Gasteiger partial charge in [-0.3, -0.25) is 5.41 Å². The van der Waals surface area contributed by atoms with Crippen LogP contribution in [0, 0.1) is 5.41 Å². The van der Waals surface area contributed by atoms with Gasteiger partial charge in [-0.25, -0.2) is 0 Å². The Morgan fingerprint density at radius 1 is 1.55 bits per heavy atom. The first-order chi connectivity index (χ1) is 4.93. The van der Waals surface area contributed by atoms with Crippen LogP contribution in [0.25, 0.3) is 0 Å². The zero-order valence-electron chi connectivity index (χ0n) is 6.96. The van der Waals surface area contributed by atoms with E-state index in [0.717, 1.165) is 0 Å². The Kier molecular flexibility index (Phi) is 1.60. The molecule has 1 atom stereocenters. The highest BCUT2D eigenvalue weighted by Crippen LogP contribution is 2.11. The fourth-order valence-corrected chi connectivity index (χ4v) is 1.08. The SMILES string of the molecule is C[N+](C)(C)C1C(=N)ON=C1N. The molecule has 1 rings (SSSR count). The van der Waals surface area contributed by atoms with Crippen molar-refractivity contribution in [3.8, 4) is 0 Å². The smallest absolute Gasteiger partial charge is 0.284 e. The minimum atomic E-state index is -0.227. The highest BCUT2D eigenvalue weighted by molar-refractivity contribution is 6.06. The number of rotatable bonds is 1. The fraction of sp³-hybridized carbons (Fsp3) is 0.667. The number of quaternary nitrogens is 1. The van der Waals surface area contributed by atoms with Crippen molar-refractivity contribution in [1.29, 1.82) is 5.41 Å². The molecule has 0 radical (unpaired) electrons. The summed E-state index contributed by atoms with van der Waals surface area (Å²) in [6.07, 6.45) is 0. The van der Waals surface area contributed by atoms with Gasteiger partial charge in [0, 0.05) is 0 Å². The molecule has 0 amide bonds. The summed E-state index contributed by atoms with van der Waals surface area (Å²) >= 11 is 0. The predicted molar refractivity (Wildman–Crippen MR) is 42.3 cm³/mol. The van der Waals surface area contributed by atoms with E-state index in [9.17, 15) is 0 Å². The van der Waals surface area contributed by atoms with Gasteiger partial charge in [-0.2, -0.15) is 0 Å². The van der Waals surface area contributed by atoms with Crippen LogP contribution in [-0.2, 0) is 4.84 Å². The van der Waals surface area contributed by atoms with Crippen molar-refractivity contribution in [3.63, 3.8) is 0 Å². The van der Waals surface area contributed by atoms with Crippen molar-refractivity contribution < 1.29 is 9.32 Å².